The molecule has 0 aliphatic heterocycles. The summed E-state index contributed by atoms with van der Waals surface area (Å²) < 4.78 is 0. The molecule has 3 N–H and O–H groups in total. The maximum Gasteiger partial charge on any atom is 0.251 e. The highest BCUT2D eigenvalue weighted by molar-refractivity contribution is 5.97. The fourth-order valence-electron chi connectivity index (χ4n) is 2.12. The number of pyridine rings is 1. The minimum absolute atomic E-state index is 0.0883. The third-order valence-corrected chi connectivity index (χ3v) is 3.86. The number of nitrogens with one attached hydrogen (secondary N) is 3. The Morgan fingerprint density at radius 2 is 1.56 bits per heavy atom. The van der Waals surface area contributed by atoms with Crippen molar-refractivity contribution in [3.05, 3.63) is 54.4 Å². The van der Waals surface area contributed by atoms with E-state index in [-0.39, 0.29) is 17.9 Å². The molecule has 25 heavy (non-hydrogen) atoms. The van der Waals surface area contributed by atoms with E-state index in [0.29, 0.717) is 5.56 Å². The second kappa shape index (κ2) is 8.82. The molecule has 1 aromatic carbocycles. The molecule has 0 fully saturated rings. The third kappa shape index (κ3) is 5.60. The minimum Gasteiger partial charge on any atom is -0.355 e. The molecule has 0 spiro atoms. The Morgan fingerprint density at radius 3 is 2.16 bits per heavy atom. The summed E-state index contributed by atoms with van der Waals surface area (Å²) in [6.45, 7) is 5.60. The van der Waals surface area contributed by atoms with E-state index < -0.39 is 6.04 Å². The molecule has 0 radical (unpaired) electrons. The Morgan fingerprint density at radius 1 is 0.960 bits per heavy atom. The Bertz CT molecular complexity index is 701. The van der Waals surface area contributed by atoms with Gasteiger partial charge in [-0.3, -0.25) is 14.6 Å². The van der Waals surface area contributed by atoms with Crippen LogP contribution < -0.4 is 16.0 Å². The fourth-order valence-corrected chi connectivity index (χ4v) is 2.12. The quantitative estimate of drug-likeness (QED) is 0.724. The number of rotatable bonds is 7. The molecule has 2 unspecified atom stereocenters. The number of amides is 2. The normalized spacial score (nSPS) is 12.8. The predicted molar refractivity (Wildman–Crippen MR) is 98.8 cm³/mol. The van der Waals surface area contributed by atoms with Gasteiger partial charge in [-0.05, 0) is 56.7 Å². The number of carbonyl (C=O) groups excluding carboxylic acids is 2. The molecule has 2 rings (SSSR count). The summed E-state index contributed by atoms with van der Waals surface area (Å²) in [6, 6.07) is 10.3. The first-order valence-electron chi connectivity index (χ1n) is 8.38. The SMILES string of the molecule is CCC(C)NC(=O)C(C)NC(=O)c1ccc(Nc2ccncc2)cc1. The molecule has 6 nitrogen and oxygen atoms in total. The largest absolute Gasteiger partial charge is 0.355 e. The zero-order valence-corrected chi connectivity index (χ0v) is 14.7. The molecule has 2 atom stereocenters. The molecule has 1 heterocycles. The van der Waals surface area contributed by atoms with E-state index in [1.165, 1.54) is 0 Å². The number of carbonyl (C=O) groups is 2. The monoisotopic (exact) mass is 340 g/mol. The highest BCUT2D eigenvalue weighted by Crippen LogP contribution is 2.16. The van der Waals surface area contributed by atoms with Crippen LogP contribution in [-0.4, -0.2) is 28.9 Å². The van der Waals surface area contributed by atoms with Crippen molar-refractivity contribution >= 4 is 23.2 Å². The van der Waals surface area contributed by atoms with Gasteiger partial charge in [-0.15, -0.1) is 0 Å². The number of hydrogen-bond acceptors (Lipinski definition) is 4. The van der Waals surface area contributed by atoms with Gasteiger partial charge in [0.15, 0.2) is 0 Å². The zero-order valence-electron chi connectivity index (χ0n) is 14.7. The first-order chi connectivity index (χ1) is 12.0. The fraction of sp³-hybridized carbons (Fsp3) is 0.316. The summed E-state index contributed by atoms with van der Waals surface area (Å²) in [5, 5.41) is 8.79. The topological polar surface area (TPSA) is 83.1 Å². The molecule has 1 aromatic heterocycles. The smallest absolute Gasteiger partial charge is 0.251 e. The maximum absolute atomic E-state index is 12.3. The number of hydrogen-bond donors (Lipinski definition) is 3. The molecule has 2 aromatic rings. The van der Waals surface area contributed by atoms with Gasteiger partial charge in [0.1, 0.15) is 6.04 Å². The van der Waals surface area contributed by atoms with Crippen LogP contribution in [0.1, 0.15) is 37.6 Å². The van der Waals surface area contributed by atoms with Crippen LogP contribution in [-0.2, 0) is 4.79 Å². The summed E-state index contributed by atoms with van der Waals surface area (Å²) in [6.07, 6.45) is 4.25. The van der Waals surface area contributed by atoms with Crippen LogP contribution in [0.3, 0.4) is 0 Å². The van der Waals surface area contributed by atoms with Crippen molar-refractivity contribution in [1.82, 2.24) is 15.6 Å². The summed E-state index contributed by atoms with van der Waals surface area (Å²) >= 11 is 0. The van der Waals surface area contributed by atoms with Crippen molar-refractivity contribution in [1.29, 1.82) is 0 Å². The average Bonchev–Trinajstić information content (AvgIpc) is 2.62. The lowest BCUT2D eigenvalue weighted by Crippen LogP contribution is -2.47. The second-order valence-electron chi connectivity index (χ2n) is 5.95. The second-order valence-corrected chi connectivity index (χ2v) is 5.95. The van der Waals surface area contributed by atoms with Gasteiger partial charge < -0.3 is 16.0 Å². The van der Waals surface area contributed by atoms with Crippen molar-refractivity contribution in [2.45, 2.75) is 39.3 Å². The summed E-state index contributed by atoms with van der Waals surface area (Å²) in [5.74, 6) is -0.457. The number of anilines is 2. The van der Waals surface area contributed by atoms with Gasteiger partial charge in [-0.25, -0.2) is 0 Å². The molecule has 0 aliphatic rings. The minimum atomic E-state index is -0.587. The molecule has 0 saturated carbocycles. The van der Waals surface area contributed by atoms with E-state index in [1.807, 2.05) is 38.1 Å². The molecule has 0 saturated heterocycles. The Hall–Kier alpha value is -2.89. The lowest BCUT2D eigenvalue weighted by molar-refractivity contribution is -0.123. The molecule has 6 heteroatoms. The van der Waals surface area contributed by atoms with Gasteiger partial charge in [0.05, 0.1) is 0 Å². The van der Waals surface area contributed by atoms with Crippen molar-refractivity contribution < 1.29 is 9.59 Å². The van der Waals surface area contributed by atoms with Crippen LogP contribution >= 0.6 is 0 Å². The number of benzene rings is 1. The van der Waals surface area contributed by atoms with E-state index in [4.69, 9.17) is 0 Å². The van der Waals surface area contributed by atoms with Crippen molar-refractivity contribution in [2.75, 3.05) is 5.32 Å². The highest BCUT2D eigenvalue weighted by atomic mass is 16.2. The molecule has 0 bridgehead atoms. The summed E-state index contributed by atoms with van der Waals surface area (Å²) in [7, 11) is 0. The van der Waals surface area contributed by atoms with Gasteiger partial charge in [0.2, 0.25) is 5.91 Å². The van der Waals surface area contributed by atoms with E-state index in [1.54, 1.807) is 31.5 Å². The standard InChI is InChI=1S/C19H24N4O2/c1-4-13(2)21-18(24)14(3)22-19(25)15-5-7-16(8-6-15)23-17-9-11-20-12-10-17/h5-14H,4H2,1-3H3,(H,20,23)(H,21,24)(H,22,25). The molecule has 2 amide bonds. The number of aromatic nitrogens is 1. The molecular formula is C19H24N4O2. The first-order valence-corrected chi connectivity index (χ1v) is 8.38. The average molecular weight is 340 g/mol. The van der Waals surface area contributed by atoms with Crippen molar-refractivity contribution in [2.24, 2.45) is 0 Å². The lowest BCUT2D eigenvalue weighted by Gasteiger charge is -2.17. The highest BCUT2D eigenvalue weighted by Gasteiger charge is 2.17. The van der Waals surface area contributed by atoms with Crippen LogP contribution in [0, 0.1) is 0 Å². The zero-order chi connectivity index (χ0) is 18.2. The van der Waals surface area contributed by atoms with E-state index >= 15 is 0 Å². The van der Waals surface area contributed by atoms with Gasteiger partial charge in [-0.2, -0.15) is 0 Å². The molecule has 0 aliphatic carbocycles. The van der Waals surface area contributed by atoms with E-state index in [2.05, 4.69) is 20.9 Å². The first kappa shape index (κ1) is 18.4. The third-order valence-electron chi connectivity index (χ3n) is 3.86. The van der Waals surface area contributed by atoms with Gasteiger partial charge in [0, 0.05) is 35.4 Å². The van der Waals surface area contributed by atoms with Crippen LogP contribution in [0.25, 0.3) is 0 Å². The van der Waals surface area contributed by atoms with Crippen molar-refractivity contribution in [3.63, 3.8) is 0 Å². The van der Waals surface area contributed by atoms with Crippen LogP contribution in [0.4, 0.5) is 11.4 Å². The Labute approximate surface area is 148 Å². The van der Waals surface area contributed by atoms with Gasteiger partial charge in [0.25, 0.3) is 5.91 Å². The van der Waals surface area contributed by atoms with Crippen molar-refractivity contribution in [3.8, 4) is 0 Å². The van der Waals surface area contributed by atoms with Gasteiger partial charge in [-0.1, -0.05) is 6.92 Å². The molecular weight excluding hydrogens is 316 g/mol. The Kier molecular flexibility index (Phi) is 6.51. The van der Waals surface area contributed by atoms with E-state index in [0.717, 1.165) is 17.8 Å². The maximum atomic E-state index is 12.3. The van der Waals surface area contributed by atoms with Crippen LogP contribution in [0.15, 0.2) is 48.8 Å². The summed E-state index contributed by atoms with van der Waals surface area (Å²) in [4.78, 5) is 28.2. The van der Waals surface area contributed by atoms with Gasteiger partial charge >= 0.3 is 0 Å². The predicted octanol–water partition coefficient (Wildman–Crippen LogP) is 2.86. The Balaban J connectivity index is 1.92. The molecule has 132 valence electrons. The van der Waals surface area contributed by atoms with Crippen LogP contribution in [0.2, 0.25) is 0 Å². The van der Waals surface area contributed by atoms with E-state index in [9.17, 15) is 9.59 Å². The lowest BCUT2D eigenvalue weighted by atomic mass is 10.1. The van der Waals surface area contributed by atoms with Crippen LogP contribution in [0.5, 0.6) is 0 Å². The number of nitrogens with zero attached hydrogens (tertiary/aromatic N) is 1. The summed E-state index contributed by atoms with van der Waals surface area (Å²) in [5.41, 5.74) is 2.29.